The zero-order valence-electron chi connectivity index (χ0n) is 20.5. The fourth-order valence-electron chi connectivity index (χ4n) is 6.01. The zero-order valence-corrected chi connectivity index (χ0v) is 21.3. The maximum absolute atomic E-state index is 13.8. The van der Waals surface area contributed by atoms with Gasteiger partial charge in [0.15, 0.2) is 22.9 Å². The molecule has 15 heteroatoms. The molecule has 3 aliphatic carbocycles. The number of fused-ring (bicyclic) bond motifs is 3. The van der Waals surface area contributed by atoms with E-state index >= 15 is 0 Å². The van der Waals surface area contributed by atoms with Crippen molar-refractivity contribution >= 4 is 38.9 Å². The summed E-state index contributed by atoms with van der Waals surface area (Å²) in [6.07, 6.45) is -2.50. The number of aliphatic hydroxyl groups is 3. The molecular formula is C25H23N3O11S. The number of aromatic hydroxyl groups is 1. The predicted octanol–water partition coefficient (Wildman–Crippen LogP) is 0.599. The molecule has 0 saturated heterocycles. The van der Waals surface area contributed by atoms with Gasteiger partial charge in [-0.15, -0.1) is 0 Å². The molecule has 2 aromatic rings. The summed E-state index contributed by atoms with van der Waals surface area (Å²) in [5, 5.41) is 54.5. The second-order valence-corrected chi connectivity index (χ2v) is 11.9. The number of primary amides is 1. The Hall–Kier alpha value is -4.34. The first-order valence-electron chi connectivity index (χ1n) is 12.0. The van der Waals surface area contributed by atoms with Gasteiger partial charge in [-0.25, -0.2) is 8.42 Å². The first-order valence-corrected chi connectivity index (χ1v) is 13.5. The lowest BCUT2D eigenvalue weighted by Gasteiger charge is -2.51. The van der Waals surface area contributed by atoms with Crippen molar-refractivity contribution in [2.24, 2.45) is 17.1 Å². The fraction of sp³-hybridized carbons (Fsp3) is 0.320. The summed E-state index contributed by atoms with van der Waals surface area (Å²) in [7, 11) is -4.50. The highest BCUT2D eigenvalue weighted by Crippen LogP contribution is 2.56. The maximum atomic E-state index is 13.8. The zero-order chi connectivity index (χ0) is 29.4. The van der Waals surface area contributed by atoms with Crippen LogP contribution in [-0.2, 0) is 26.0 Å². The van der Waals surface area contributed by atoms with Crippen LogP contribution < -0.4 is 10.5 Å². The smallest absolute Gasteiger partial charge is 0.270 e. The van der Waals surface area contributed by atoms with Gasteiger partial charge in [0, 0.05) is 24.5 Å². The molecule has 0 aliphatic heterocycles. The van der Waals surface area contributed by atoms with Crippen LogP contribution in [0.5, 0.6) is 5.75 Å². The minimum Gasteiger partial charge on any atom is -0.508 e. The number of carbonyl (C=O) groups excluding carboxylic acids is 3. The van der Waals surface area contributed by atoms with Crippen LogP contribution in [0.25, 0.3) is 0 Å². The first kappa shape index (κ1) is 27.2. The molecule has 0 radical (unpaired) electrons. The molecule has 1 fully saturated rings. The summed E-state index contributed by atoms with van der Waals surface area (Å²) in [5.74, 6) is -6.27. The highest BCUT2D eigenvalue weighted by atomic mass is 32.2. The number of nitro groups is 1. The van der Waals surface area contributed by atoms with E-state index in [9.17, 15) is 53.3 Å². The number of nitrogens with one attached hydrogen (secondary N) is 1. The molecule has 0 spiro atoms. The van der Waals surface area contributed by atoms with Crippen LogP contribution in [-0.4, -0.2) is 62.9 Å². The Morgan fingerprint density at radius 2 is 1.88 bits per heavy atom. The molecule has 4 unspecified atom stereocenters. The standard InChI is InChI=1S/C25H23N3O11S/c26-23(34)24-9-11-4-5-16(27-40(38,39)15-3-1-2-13(7-15)28(36)37)20(31)18(11)21(32)19(24)22(33)25(35)12(10-24)6-14(29)8-17(25)30/h1-5,7,12,14,27,29,31,33,35H,6,8-10H2,(H2,26,34). The Kier molecular flexibility index (Phi) is 6.02. The van der Waals surface area contributed by atoms with Crippen LogP contribution in [0.2, 0.25) is 0 Å². The lowest BCUT2D eigenvalue weighted by Crippen LogP contribution is -2.62. The van der Waals surface area contributed by atoms with Crippen LogP contribution >= 0.6 is 0 Å². The van der Waals surface area contributed by atoms with E-state index in [-0.39, 0.29) is 24.8 Å². The number of carbonyl (C=O) groups is 3. The Balaban J connectivity index is 1.63. The molecule has 1 amide bonds. The number of hydrogen-bond acceptors (Lipinski definition) is 11. The summed E-state index contributed by atoms with van der Waals surface area (Å²) in [6, 6.07) is 6.49. The number of benzene rings is 2. The fourth-order valence-corrected chi connectivity index (χ4v) is 7.11. The van der Waals surface area contributed by atoms with Crippen LogP contribution in [0, 0.1) is 21.4 Å². The van der Waals surface area contributed by atoms with E-state index in [1.807, 2.05) is 0 Å². The normalized spacial score (nSPS) is 27.9. The van der Waals surface area contributed by atoms with E-state index in [4.69, 9.17) is 5.73 Å². The molecule has 0 aromatic heterocycles. The largest absolute Gasteiger partial charge is 0.508 e. The molecule has 14 nitrogen and oxygen atoms in total. The van der Waals surface area contributed by atoms with Gasteiger partial charge in [0.25, 0.3) is 15.7 Å². The molecule has 5 rings (SSSR count). The second-order valence-electron chi connectivity index (χ2n) is 10.2. The van der Waals surface area contributed by atoms with Gasteiger partial charge in [0.05, 0.1) is 38.2 Å². The van der Waals surface area contributed by atoms with Crippen molar-refractivity contribution in [3.63, 3.8) is 0 Å². The first-order chi connectivity index (χ1) is 18.6. The van der Waals surface area contributed by atoms with E-state index in [1.54, 1.807) is 0 Å². The lowest BCUT2D eigenvalue weighted by molar-refractivity contribution is -0.385. The van der Waals surface area contributed by atoms with Gasteiger partial charge in [0.2, 0.25) is 5.91 Å². The van der Waals surface area contributed by atoms with Gasteiger partial charge in [-0.05, 0) is 37.0 Å². The van der Waals surface area contributed by atoms with E-state index in [1.165, 1.54) is 6.07 Å². The van der Waals surface area contributed by atoms with Crippen molar-refractivity contribution in [3.05, 3.63) is 69.0 Å². The third-order valence-electron chi connectivity index (χ3n) is 7.93. The van der Waals surface area contributed by atoms with Crippen molar-refractivity contribution in [1.82, 2.24) is 0 Å². The molecule has 7 N–H and O–H groups in total. The average Bonchev–Trinajstić information content (AvgIpc) is 2.87. The molecule has 2 aromatic carbocycles. The number of phenols is 1. The van der Waals surface area contributed by atoms with Gasteiger partial charge >= 0.3 is 0 Å². The number of non-ortho nitro benzene ring substituents is 1. The molecule has 210 valence electrons. The molecule has 4 atom stereocenters. The van der Waals surface area contributed by atoms with Gasteiger partial charge in [-0.3, -0.25) is 29.2 Å². The number of phenolic OH excluding ortho intramolecular Hbond substituents is 1. The number of hydrogen-bond donors (Lipinski definition) is 6. The molecule has 0 bridgehead atoms. The Bertz CT molecular complexity index is 1670. The van der Waals surface area contributed by atoms with E-state index in [2.05, 4.69) is 4.72 Å². The summed E-state index contributed by atoms with van der Waals surface area (Å²) in [5.41, 5.74) is -0.860. The number of ketones is 2. The van der Waals surface area contributed by atoms with Crippen molar-refractivity contribution in [3.8, 4) is 5.75 Å². The van der Waals surface area contributed by atoms with Gasteiger partial charge in [-0.1, -0.05) is 12.1 Å². The monoisotopic (exact) mass is 573 g/mol. The second kappa shape index (κ2) is 8.84. The molecule has 3 aliphatic rings. The number of aliphatic hydroxyl groups excluding tert-OH is 2. The predicted molar refractivity (Wildman–Crippen MR) is 135 cm³/mol. The lowest BCUT2D eigenvalue weighted by atomic mass is 9.53. The third-order valence-corrected chi connectivity index (χ3v) is 9.29. The highest BCUT2D eigenvalue weighted by Gasteiger charge is 2.64. The number of nitro benzene ring substituents is 1. The van der Waals surface area contributed by atoms with Crippen LogP contribution in [0.3, 0.4) is 0 Å². The number of Topliss-reactive ketones (excluding diaryl/α,β-unsaturated/α-hetero) is 2. The minimum absolute atomic E-state index is 0.0734. The Morgan fingerprint density at radius 1 is 1.18 bits per heavy atom. The molecule has 1 saturated carbocycles. The van der Waals surface area contributed by atoms with Crippen LogP contribution in [0.15, 0.2) is 52.6 Å². The van der Waals surface area contributed by atoms with E-state index < -0.39 is 101 Å². The van der Waals surface area contributed by atoms with Gasteiger partial charge in [0.1, 0.15) is 5.76 Å². The van der Waals surface area contributed by atoms with E-state index in [0.29, 0.717) is 0 Å². The molecule has 0 heterocycles. The van der Waals surface area contributed by atoms with Crippen LogP contribution in [0.4, 0.5) is 11.4 Å². The quantitative estimate of drug-likeness (QED) is 0.164. The third kappa shape index (κ3) is 3.76. The van der Waals surface area contributed by atoms with Gasteiger partial charge in [-0.2, -0.15) is 0 Å². The number of rotatable bonds is 5. The maximum Gasteiger partial charge on any atom is 0.270 e. The number of nitrogens with two attached hydrogens (primary N) is 1. The number of amides is 1. The summed E-state index contributed by atoms with van der Waals surface area (Å²) in [6.45, 7) is 0. The average molecular weight is 574 g/mol. The molecular weight excluding hydrogens is 550 g/mol. The van der Waals surface area contributed by atoms with Crippen molar-refractivity contribution in [2.75, 3.05) is 4.72 Å². The van der Waals surface area contributed by atoms with E-state index in [0.717, 1.165) is 30.3 Å². The summed E-state index contributed by atoms with van der Waals surface area (Å²) < 4.78 is 27.9. The number of sulfonamides is 1. The SMILES string of the molecule is NC(=O)C12Cc3ccc(NS(=O)(=O)c4cccc([N+](=O)[O-])c4)c(O)c3C(=O)C1=C(O)C1(O)C(=O)CC(O)CC1C2. The number of nitrogens with zero attached hydrogens (tertiary/aromatic N) is 1. The Morgan fingerprint density at radius 3 is 2.52 bits per heavy atom. The van der Waals surface area contributed by atoms with Crippen molar-refractivity contribution in [1.29, 1.82) is 0 Å². The molecule has 40 heavy (non-hydrogen) atoms. The van der Waals surface area contributed by atoms with Crippen LogP contribution in [0.1, 0.15) is 35.2 Å². The highest BCUT2D eigenvalue weighted by molar-refractivity contribution is 7.92. The Labute approximate surface area is 225 Å². The van der Waals surface area contributed by atoms with Crippen molar-refractivity contribution < 1.29 is 48.2 Å². The topological polar surface area (TPSA) is 247 Å². The van der Waals surface area contributed by atoms with Gasteiger partial charge < -0.3 is 26.2 Å². The number of anilines is 1. The summed E-state index contributed by atoms with van der Waals surface area (Å²) in [4.78, 5) is 49.1. The summed E-state index contributed by atoms with van der Waals surface area (Å²) >= 11 is 0. The minimum atomic E-state index is -4.50. The van der Waals surface area contributed by atoms with Crippen molar-refractivity contribution in [2.45, 2.75) is 42.3 Å².